The van der Waals surface area contributed by atoms with Crippen LogP contribution in [0.4, 0.5) is 10.1 Å². The number of phenolic OH excluding ortho intramolecular Hbond substituents is 2. The maximum atomic E-state index is 12.9. The zero-order valence-corrected chi connectivity index (χ0v) is 13.2. The molecule has 6 nitrogen and oxygen atoms in total. The van der Waals surface area contributed by atoms with Crippen LogP contribution in [0.1, 0.15) is 11.1 Å². The van der Waals surface area contributed by atoms with E-state index in [9.17, 15) is 24.2 Å². The van der Waals surface area contributed by atoms with Crippen molar-refractivity contribution in [1.29, 1.82) is 0 Å². The van der Waals surface area contributed by atoms with Gasteiger partial charge in [-0.2, -0.15) is 0 Å². The van der Waals surface area contributed by atoms with Gasteiger partial charge in [0, 0.05) is 11.1 Å². The van der Waals surface area contributed by atoms with Gasteiger partial charge in [0.1, 0.15) is 5.82 Å². The summed E-state index contributed by atoms with van der Waals surface area (Å²) in [5.74, 6) is -1.83. The van der Waals surface area contributed by atoms with Crippen LogP contribution in [0, 0.1) is 12.7 Å². The average Bonchev–Trinajstić information content (AvgIpc) is 2.57. The van der Waals surface area contributed by atoms with Gasteiger partial charge in [-0.05, 0) is 48.9 Å². The Balaban J connectivity index is 1.93. The van der Waals surface area contributed by atoms with Crippen LogP contribution in [0.25, 0.3) is 11.0 Å². The summed E-state index contributed by atoms with van der Waals surface area (Å²) in [5.41, 5.74) is 0.0927. The van der Waals surface area contributed by atoms with Crippen molar-refractivity contribution < 1.29 is 23.8 Å². The van der Waals surface area contributed by atoms with Crippen molar-refractivity contribution in [1.82, 2.24) is 0 Å². The number of carbonyl (C=O) groups excluding carboxylic acids is 1. The number of halogens is 1. The smallest absolute Gasteiger partial charge is 0.340 e. The summed E-state index contributed by atoms with van der Waals surface area (Å²) in [4.78, 5) is 24.3. The number of carbonyl (C=O) groups is 1. The Kier molecular flexibility index (Phi) is 4.14. The molecule has 3 aromatic rings. The van der Waals surface area contributed by atoms with Gasteiger partial charge in [-0.25, -0.2) is 9.18 Å². The summed E-state index contributed by atoms with van der Waals surface area (Å²) in [6, 6.07) is 7.99. The van der Waals surface area contributed by atoms with Crippen LogP contribution in [-0.2, 0) is 11.2 Å². The van der Waals surface area contributed by atoms with E-state index in [-0.39, 0.29) is 17.6 Å². The van der Waals surface area contributed by atoms with Crippen LogP contribution in [0.2, 0.25) is 0 Å². The number of aryl methyl sites for hydroxylation is 1. The second-order valence-corrected chi connectivity index (χ2v) is 5.53. The van der Waals surface area contributed by atoms with E-state index in [4.69, 9.17) is 4.42 Å². The minimum absolute atomic E-state index is 0.134. The topological polar surface area (TPSA) is 99.8 Å². The Bertz CT molecular complexity index is 1020. The van der Waals surface area contributed by atoms with E-state index in [1.807, 2.05) is 0 Å². The van der Waals surface area contributed by atoms with Gasteiger partial charge in [-0.1, -0.05) is 0 Å². The predicted molar refractivity (Wildman–Crippen MR) is 89.3 cm³/mol. The van der Waals surface area contributed by atoms with E-state index in [2.05, 4.69) is 5.32 Å². The number of nitrogens with one attached hydrogen (secondary N) is 1. The van der Waals surface area contributed by atoms with Crippen molar-refractivity contribution in [2.75, 3.05) is 5.32 Å². The van der Waals surface area contributed by atoms with Crippen LogP contribution >= 0.6 is 0 Å². The van der Waals surface area contributed by atoms with Crippen molar-refractivity contribution in [2.24, 2.45) is 0 Å². The number of hydrogen-bond acceptors (Lipinski definition) is 5. The molecule has 3 N–H and O–H groups in total. The average molecular weight is 343 g/mol. The molecule has 0 radical (unpaired) electrons. The Morgan fingerprint density at radius 1 is 1.16 bits per heavy atom. The van der Waals surface area contributed by atoms with Gasteiger partial charge < -0.3 is 19.9 Å². The van der Waals surface area contributed by atoms with Crippen LogP contribution in [0.3, 0.4) is 0 Å². The van der Waals surface area contributed by atoms with Gasteiger partial charge >= 0.3 is 5.63 Å². The molecule has 1 heterocycles. The van der Waals surface area contributed by atoms with Crippen LogP contribution in [0.5, 0.6) is 11.5 Å². The molecule has 0 saturated carbocycles. The number of hydrogen-bond donors (Lipinski definition) is 3. The quantitative estimate of drug-likeness (QED) is 0.502. The lowest BCUT2D eigenvalue weighted by Crippen LogP contribution is -2.20. The summed E-state index contributed by atoms with van der Waals surface area (Å²) in [7, 11) is 0. The molecule has 0 fully saturated rings. The van der Waals surface area contributed by atoms with Crippen molar-refractivity contribution in [3.63, 3.8) is 0 Å². The molecule has 0 spiro atoms. The maximum absolute atomic E-state index is 12.9. The van der Waals surface area contributed by atoms with Crippen LogP contribution < -0.4 is 10.9 Å². The molecule has 0 aliphatic heterocycles. The highest BCUT2D eigenvalue weighted by molar-refractivity contribution is 5.94. The number of rotatable bonds is 3. The van der Waals surface area contributed by atoms with Crippen LogP contribution in [-0.4, -0.2) is 16.1 Å². The van der Waals surface area contributed by atoms with Gasteiger partial charge in [0.05, 0.1) is 12.0 Å². The minimum atomic E-state index is -0.778. The summed E-state index contributed by atoms with van der Waals surface area (Å²) in [5, 5.41) is 22.3. The van der Waals surface area contributed by atoms with Gasteiger partial charge in [0.15, 0.2) is 11.3 Å². The maximum Gasteiger partial charge on any atom is 0.340 e. The van der Waals surface area contributed by atoms with Crippen molar-refractivity contribution in [3.05, 3.63) is 63.8 Å². The largest absolute Gasteiger partial charge is 0.504 e. The van der Waals surface area contributed by atoms with E-state index < -0.39 is 28.8 Å². The Labute approximate surface area is 141 Å². The van der Waals surface area contributed by atoms with Crippen LogP contribution in [0.15, 0.2) is 45.6 Å². The highest BCUT2D eigenvalue weighted by Gasteiger charge is 2.18. The lowest BCUT2D eigenvalue weighted by molar-refractivity contribution is -0.115. The third-order valence-corrected chi connectivity index (χ3v) is 3.87. The number of amides is 1. The molecular weight excluding hydrogens is 329 g/mol. The number of aromatic hydroxyl groups is 2. The molecule has 25 heavy (non-hydrogen) atoms. The Morgan fingerprint density at radius 3 is 2.52 bits per heavy atom. The highest BCUT2D eigenvalue weighted by Crippen LogP contribution is 2.34. The first-order valence-electron chi connectivity index (χ1n) is 7.39. The normalized spacial score (nSPS) is 10.8. The molecule has 0 aliphatic carbocycles. The molecule has 2 aromatic carbocycles. The number of anilines is 1. The lowest BCUT2D eigenvalue weighted by Gasteiger charge is -2.10. The number of fused-ring (bicyclic) bond motifs is 1. The van der Waals surface area contributed by atoms with E-state index in [1.54, 1.807) is 6.92 Å². The molecule has 1 aromatic heterocycles. The Morgan fingerprint density at radius 2 is 1.84 bits per heavy atom. The van der Waals surface area contributed by atoms with Crippen molar-refractivity contribution in [3.8, 4) is 11.5 Å². The summed E-state index contributed by atoms with van der Waals surface area (Å²) in [6.45, 7) is 1.62. The molecule has 3 rings (SSSR count). The number of benzene rings is 2. The third-order valence-electron chi connectivity index (χ3n) is 3.87. The lowest BCUT2D eigenvalue weighted by atomic mass is 10.0. The van der Waals surface area contributed by atoms with Gasteiger partial charge in [-0.15, -0.1) is 0 Å². The van der Waals surface area contributed by atoms with Crippen molar-refractivity contribution >= 4 is 22.6 Å². The van der Waals surface area contributed by atoms with E-state index in [0.29, 0.717) is 16.6 Å². The fraction of sp³-hybridized carbons (Fsp3) is 0.111. The zero-order chi connectivity index (χ0) is 18.1. The third kappa shape index (κ3) is 3.16. The molecule has 128 valence electrons. The molecule has 0 bridgehead atoms. The van der Waals surface area contributed by atoms with E-state index in [0.717, 1.165) is 0 Å². The fourth-order valence-electron chi connectivity index (χ4n) is 2.53. The first-order chi connectivity index (χ1) is 11.9. The molecule has 1 amide bonds. The minimum Gasteiger partial charge on any atom is -0.504 e. The summed E-state index contributed by atoms with van der Waals surface area (Å²) in [6.07, 6.45) is -0.247. The summed E-state index contributed by atoms with van der Waals surface area (Å²) >= 11 is 0. The highest BCUT2D eigenvalue weighted by atomic mass is 19.1. The predicted octanol–water partition coefficient (Wildman–Crippen LogP) is 2.83. The first-order valence-corrected chi connectivity index (χ1v) is 7.39. The van der Waals surface area contributed by atoms with Gasteiger partial charge in [0.25, 0.3) is 0 Å². The van der Waals surface area contributed by atoms with E-state index >= 15 is 0 Å². The molecule has 0 atom stereocenters. The molecule has 0 unspecified atom stereocenters. The van der Waals surface area contributed by atoms with Gasteiger partial charge in [-0.3, -0.25) is 4.79 Å². The SMILES string of the molecule is Cc1c(CC(=O)Nc2ccc(F)cc2)c(=O)oc2c(O)c(O)ccc12. The second kappa shape index (κ2) is 6.27. The molecule has 0 aliphatic rings. The Hall–Kier alpha value is -3.35. The molecule has 7 heteroatoms. The summed E-state index contributed by atoms with van der Waals surface area (Å²) < 4.78 is 17.9. The monoisotopic (exact) mass is 343 g/mol. The standard InChI is InChI=1S/C18H14FNO5/c1-9-12-6-7-14(21)16(23)17(12)25-18(24)13(9)8-15(22)20-11-4-2-10(19)3-5-11/h2-7,21,23H,8H2,1H3,(H,20,22). The van der Waals surface area contributed by atoms with E-state index in [1.165, 1.54) is 36.4 Å². The molecular formula is C18H14FNO5. The fourth-order valence-corrected chi connectivity index (χ4v) is 2.53. The zero-order valence-electron chi connectivity index (χ0n) is 13.2. The van der Waals surface area contributed by atoms with Gasteiger partial charge in [0.2, 0.25) is 11.7 Å². The second-order valence-electron chi connectivity index (χ2n) is 5.53. The molecule has 0 saturated heterocycles. The number of phenols is 2. The van der Waals surface area contributed by atoms with Crippen molar-refractivity contribution in [2.45, 2.75) is 13.3 Å². The first kappa shape index (κ1) is 16.5.